The summed E-state index contributed by atoms with van der Waals surface area (Å²) in [6.45, 7) is 9.11. The molecule has 1 aliphatic carbocycles. The summed E-state index contributed by atoms with van der Waals surface area (Å²) >= 11 is 1.56. The minimum absolute atomic E-state index is 0.0133. The van der Waals surface area contributed by atoms with Gasteiger partial charge in [-0.1, -0.05) is 13.8 Å². The van der Waals surface area contributed by atoms with Crippen molar-refractivity contribution in [3.8, 4) is 10.6 Å². The first-order valence-electron chi connectivity index (χ1n) is 11.3. The lowest BCUT2D eigenvalue weighted by Gasteiger charge is -2.21. The maximum Gasteiger partial charge on any atom is 0.224 e. The van der Waals surface area contributed by atoms with Gasteiger partial charge in [-0.05, 0) is 38.2 Å². The van der Waals surface area contributed by atoms with Crippen molar-refractivity contribution >= 4 is 33.3 Å². The number of hydrogen-bond donors (Lipinski definition) is 4. The summed E-state index contributed by atoms with van der Waals surface area (Å²) in [6, 6.07) is 1.63. The zero-order valence-electron chi connectivity index (χ0n) is 19.7. The Hall–Kier alpha value is -2.40. The molecule has 4 rings (SSSR count). The van der Waals surface area contributed by atoms with Crippen LogP contribution in [0.5, 0.6) is 0 Å². The van der Waals surface area contributed by atoms with E-state index >= 15 is 0 Å². The van der Waals surface area contributed by atoms with E-state index in [2.05, 4.69) is 34.4 Å². The summed E-state index contributed by atoms with van der Waals surface area (Å²) in [5.74, 6) is 1.34. The SMILES string of the molecule is COCCNc1nc(C)c(-c2nc3c(C)nccc3s2)c(NC2CC(C(C)C)C(O)C2O)n1. The highest BCUT2D eigenvalue weighted by molar-refractivity contribution is 7.21. The third-order valence-electron chi connectivity index (χ3n) is 6.29. The number of nitrogens with zero attached hydrogens (tertiary/aromatic N) is 4. The maximum absolute atomic E-state index is 10.8. The molecule has 3 heterocycles. The van der Waals surface area contributed by atoms with Crippen LogP contribution in [0.25, 0.3) is 20.8 Å². The summed E-state index contributed by atoms with van der Waals surface area (Å²) in [5.41, 5.74) is 3.30. The van der Waals surface area contributed by atoms with E-state index in [0.717, 1.165) is 32.2 Å². The van der Waals surface area contributed by atoms with Crippen molar-refractivity contribution in [2.45, 2.75) is 52.4 Å². The van der Waals surface area contributed by atoms with E-state index in [-0.39, 0.29) is 17.9 Å². The Bertz CT molecular complexity index is 1120. The fourth-order valence-corrected chi connectivity index (χ4v) is 5.53. The fourth-order valence-electron chi connectivity index (χ4n) is 4.42. The van der Waals surface area contributed by atoms with Gasteiger partial charge in [0.05, 0.1) is 40.4 Å². The monoisotopic (exact) mass is 472 g/mol. The first kappa shape index (κ1) is 23.7. The molecule has 178 valence electrons. The number of hydrogen-bond acceptors (Lipinski definition) is 10. The van der Waals surface area contributed by atoms with E-state index in [1.165, 1.54) is 0 Å². The van der Waals surface area contributed by atoms with E-state index in [1.54, 1.807) is 24.6 Å². The van der Waals surface area contributed by atoms with Crippen molar-refractivity contribution in [3.05, 3.63) is 23.7 Å². The molecule has 0 bridgehead atoms. The highest BCUT2D eigenvalue weighted by Gasteiger charge is 2.43. The van der Waals surface area contributed by atoms with Crippen LogP contribution in [0, 0.1) is 25.7 Å². The van der Waals surface area contributed by atoms with Crippen LogP contribution in [0.15, 0.2) is 12.3 Å². The lowest BCUT2D eigenvalue weighted by atomic mass is 9.92. The average Bonchev–Trinajstić information content (AvgIpc) is 3.31. The summed E-state index contributed by atoms with van der Waals surface area (Å²) < 4.78 is 6.16. The van der Waals surface area contributed by atoms with Crippen molar-refractivity contribution in [1.82, 2.24) is 19.9 Å². The predicted octanol–water partition coefficient (Wildman–Crippen LogP) is 3.00. The number of fused-ring (bicyclic) bond motifs is 1. The van der Waals surface area contributed by atoms with Crippen molar-refractivity contribution in [3.63, 3.8) is 0 Å². The Morgan fingerprint density at radius 2 is 1.94 bits per heavy atom. The van der Waals surface area contributed by atoms with Gasteiger partial charge in [-0.2, -0.15) is 4.98 Å². The first-order valence-corrected chi connectivity index (χ1v) is 12.1. The van der Waals surface area contributed by atoms with Crippen LogP contribution in [0.3, 0.4) is 0 Å². The van der Waals surface area contributed by atoms with E-state index in [1.807, 2.05) is 19.9 Å². The van der Waals surface area contributed by atoms with Gasteiger partial charge in [-0.15, -0.1) is 11.3 Å². The van der Waals surface area contributed by atoms with Crippen LogP contribution in [0.4, 0.5) is 11.8 Å². The van der Waals surface area contributed by atoms with E-state index in [9.17, 15) is 10.2 Å². The zero-order valence-corrected chi connectivity index (χ0v) is 20.5. The number of aryl methyl sites for hydroxylation is 2. The summed E-state index contributed by atoms with van der Waals surface area (Å²) in [7, 11) is 1.64. The van der Waals surface area contributed by atoms with Crippen LogP contribution >= 0.6 is 11.3 Å². The van der Waals surface area contributed by atoms with Crippen LogP contribution in [-0.2, 0) is 4.74 Å². The number of nitrogens with one attached hydrogen (secondary N) is 2. The minimum Gasteiger partial charge on any atom is -0.390 e. The number of aliphatic hydroxyl groups is 2. The Morgan fingerprint density at radius 1 is 1.15 bits per heavy atom. The number of aromatic nitrogens is 4. The second-order valence-electron chi connectivity index (χ2n) is 8.91. The zero-order chi connectivity index (χ0) is 23.7. The molecular formula is C23H32N6O3S. The Morgan fingerprint density at radius 3 is 2.61 bits per heavy atom. The lowest BCUT2D eigenvalue weighted by molar-refractivity contribution is 0.00750. The minimum atomic E-state index is -0.882. The van der Waals surface area contributed by atoms with Crippen molar-refractivity contribution in [2.24, 2.45) is 11.8 Å². The number of aliphatic hydroxyl groups excluding tert-OH is 2. The molecule has 9 nitrogen and oxygen atoms in total. The molecule has 0 aromatic carbocycles. The number of pyridine rings is 1. The number of rotatable bonds is 8. The normalized spacial score (nSPS) is 22.9. The van der Waals surface area contributed by atoms with Crippen LogP contribution in [0.2, 0.25) is 0 Å². The summed E-state index contributed by atoms with van der Waals surface area (Å²) in [5, 5.41) is 28.7. The molecule has 1 fully saturated rings. The summed E-state index contributed by atoms with van der Waals surface area (Å²) in [4.78, 5) is 18.6. The molecule has 0 radical (unpaired) electrons. The van der Waals surface area contributed by atoms with Gasteiger partial charge in [0.2, 0.25) is 5.95 Å². The van der Waals surface area contributed by atoms with Gasteiger partial charge >= 0.3 is 0 Å². The topological polar surface area (TPSA) is 125 Å². The van der Waals surface area contributed by atoms with Crippen LogP contribution < -0.4 is 10.6 Å². The molecule has 3 aromatic heterocycles. The molecule has 33 heavy (non-hydrogen) atoms. The van der Waals surface area contributed by atoms with Crippen molar-refractivity contribution in [2.75, 3.05) is 30.9 Å². The lowest BCUT2D eigenvalue weighted by Crippen LogP contribution is -2.36. The molecule has 0 aliphatic heterocycles. The number of thiazole rings is 1. The van der Waals surface area contributed by atoms with Crippen molar-refractivity contribution in [1.29, 1.82) is 0 Å². The second-order valence-corrected chi connectivity index (χ2v) is 9.94. The smallest absolute Gasteiger partial charge is 0.224 e. The Labute approximate surface area is 197 Å². The molecule has 0 saturated heterocycles. The number of methoxy groups -OCH3 is 1. The van der Waals surface area contributed by atoms with Gasteiger partial charge in [0, 0.05) is 19.9 Å². The molecule has 4 unspecified atom stereocenters. The molecule has 0 spiro atoms. The van der Waals surface area contributed by atoms with Crippen molar-refractivity contribution < 1.29 is 14.9 Å². The van der Waals surface area contributed by atoms with Crippen LogP contribution in [0.1, 0.15) is 31.7 Å². The number of anilines is 2. The predicted molar refractivity (Wildman–Crippen MR) is 131 cm³/mol. The van der Waals surface area contributed by atoms with E-state index in [0.29, 0.717) is 31.3 Å². The molecule has 1 aliphatic rings. The molecule has 4 N–H and O–H groups in total. The third-order valence-corrected chi connectivity index (χ3v) is 7.33. The van der Waals surface area contributed by atoms with Crippen LogP contribution in [-0.4, -0.2) is 68.7 Å². The Kier molecular flexibility index (Phi) is 7.08. The molecule has 4 atom stereocenters. The van der Waals surface area contributed by atoms with E-state index < -0.39 is 12.2 Å². The average molecular weight is 473 g/mol. The van der Waals surface area contributed by atoms with Gasteiger partial charge in [0.25, 0.3) is 0 Å². The second kappa shape index (κ2) is 9.84. The number of ether oxygens (including phenoxy) is 1. The van der Waals surface area contributed by atoms with Gasteiger partial charge in [-0.25, -0.2) is 9.97 Å². The standard InChI is InChI=1S/C23H32N6O3S/c1-11(2)14-10-15(20(31)19(14)30)27-21-17(12(3)26-23(29-21)25-8-9-32-5)22-28-18-13(4)24-7-6-16(18)33-22/h6-7,11,14-15,19-20,30-31H,8-10H2,1-5H3,(H2,25,26,27,29). The largest absolute Gasteiger partial charge is 0.390 e. The van der Waals surface area contributed by atoms with Gasteiger partial charge in [0.15, 0.2) is 0 Å². The van der Waals surface area contributed by atoms with E-state index in [4.69, 9.17) is 14.7 Å². The highest BCUT2D eigenvalue weighted by Crippen LogP contribution is 2.39. The molecule has 10 heteroatoms. The first-order chi connectivity index (χ1) is 15.8. The molecule has 0 amide bonds. The maximum atomic E-state index is 10.8. The molecule has 1 saturated carbocycles. The third kappa shape index (κ3) is 4.79. The molecule has 3 aromatic rings. The molecular weight excluding hydrogens is 440 g/mol. The highest BCUT2D eigenvalue weighted by atomic mass is 32.1. The summed E-state index contributed by atoms with van der Waals surface area (Å²) in [6.07, 6.45) is 0.780. The fraction of sp³-hybridized carbons (Fsp3) is 0.565. The van der Waals surface area contributed by atoms with Gasteiger partial charge < -0.3 is 25.6 Å². The van der Waals surface area contributed by atoms with Gasteiger partial charge in [0.1, 0.15) is 22.4 Å². The van der Waals surface area contributed by atoms with Gasteiger partial charge in [-0.3, -0.25) is 4.98 Å². The Balaban J connectivity index is 1.74. The quantitative estimate of drug-likeness (QED) is 0.366.